The molecule has 0 saturated heterocycles. The van der Waals surface area contributed by atoms with Gasteiger partial charge in [0, 0.05) is 12.2 Å². The van der Waals surface area contributed by atoms with E-state index in [2.05, 4.69) is 0 Å². The minimum absolute atomic E-state index is 0.201. The van der Waals surface area contributed by atoms with Crippen LogP contribution in [0.2, 0.25) is 0 Å². The second-order valence-electron chi connectivity index (χ2n) is 3.49. The van der Waals surface area contributed by atoms with Crippen molar-refractivity contribution in [1.82, 2.24) is 4.90 Å². The molecule has 0 spiro atoms. The molecule has 0 aliphatic carbocycles. The minimum Gasteiger partial charge on any atom is -0.398 e. The number of benzene rings is 1. The minimum atomic E-state index is -4.17. The van der Waals surface area contributed by atoms with Crippen molar-refractivity contribution >= 4 is 5.69 Å². The van der Waals surface area contributed by atoms with Crippen molar-refractivity contribution in [3.05, 3.63) is 29.8 Å². The van der Waals surface area contributed by atoms with Gasteiger partial charge in [-0.25, -0.2) is 0 Å². The highest BCUT2D eigenvalue weighted by molar-refractivity contribution is 5.46. The summed E-state index contributed by atoms with van der Waals surface area (Å²) in [5.41, 5.74) is 6.86. The van der Waals surface area contributed by atoms with Gasteiger partial charge in [-0.2, -0.15) is 13.2 Å². The third-order valence-corrected chi connectivity index (χ3v) is 1.94. The highest BCUT2D eigenvalue weighted by Crippen LogP contribution is 2.18. The first kappa shape index (κ1) is 11.8. The molecule has 0 radical (unpaired) electrons. The van der Waals surface area contributed by atoms with Crippen molar-refractivity contribution in [3.63, 3.8) is 0 Å². The summed E-state index contributed by atoms with van der Waals surface area (Å²) in [4.78, 5) is 1.19. The van der Waals surface area contributed by atoms with Gasteiger partial charge in [0.25, 0.3) is 0 Å². The standard InChI is InChI=1S/C10H13F3N2/c1-15(7-10(11,12)13)6-8-4-2-3-5-9(8)14/h2-5H,6-7,14H2,1H3. The molecule has 0 aliphatic rings. The number of nitrogens with two attached hydrogens (primary N) is 1. The monoisotopic (exact) mass is 218 g/mol. The number of hydrogen-bond acceptors (Lipinski definition) is 2. The molecule has 0 bridgehead atoms. The maximum Gasteiger partial charge on any atom is 0.401 e. The fourth-order valence-electron chi connectivity index (χ4n) is 1.33. The normalized spacial score (nSPS) is 12.1. The topological polar surface area (TPSA) is 29.3 Å². The van der Waals surface area contributed by atoms with Crippen LogP contribution < -0.4 is 5.73 Å². The Morgan fingerprint density at radius 2 is 1.87 bits per heavy atom. The van der Waals surface area contributed by atoms with E-state index in [1.54, 1.807) is 24.3 Å². The molecular formula is C10H13F3N2. The zero-order valence-corrected chi connectivity index (χ0v) is 8.38. The van der Waals surface area contributed by atoms with Gasteiger partial charge in [-0.05, 0) is 18.7 Å². The molecule has 0 heterocycles. The van der Waals surface area contributed by atoms with Gasteiger partial charge in [0.1, 0.15) is 0 Å². The SMILES string of the molecule is CN(Cc1ccccc1N)CC(F)(F)F. The van der Waals surface area contributed by atoms with Crippen LogP contribution in [0.3, 0.4) is 0 Å². The molecule has 0 fully saturated rings. The van der Waals surface area contributed by atoms with Gasteiger partial charge in [0.15, 0.2) is 0 Å². The maximum absolute atomic E-state index is 12.0. The van der Waals surface area contributed by atoms with Gasteiger partial charge in [-0.1, -0.05) is 18.2 Å². The van der Waals surface area contributed by atoms with Crippen LogP contribution in [0.1, 0.15) is 5.56 Å². The number of nitrogens with zero attached hydrogens (tertiary/aromatic N) is 1. The highest BCUT2D eigenvalue weighted by atomic mass is 19.4. The zero-order chi connectivity index (χ0) is 11.5. The molecule has 1 aromatic carbocycles. The summed E-state index contributed by atoms with van der Waals surface area (Å²) in [5, 5.41) is 0. The Labute approximate surface area is 86.5 Å². The van der Waals surface area contributed by atoms with E-state index < -0.39 is 12.7 Å². The summed E-state index contributed by atoms with van der Waals surface area (Å²) in [7, 11) is 1.42. The maximum atomic E-state index is 12.0. The lowest BCUT2D eigenvalue weighted by Crippen LogP contribution is -2.30. The molecule has 0 amide bonds. The lowest BCUT2D eigenvalue weighted by Gasteiger charge is -2.19. The first-order valence-electron chi connectivity index (χ1n) is 4.47. The Bertz CT molecular complexity index is 323. The number of rotatable bonds is 3. The van der Waals surface area contributed by atoms with E-state index in [-0.39, 0.29) is 6.54 Å². The second-order valence-corrected chi connectivity index (χ2v) is 3.49. The highest BCUT2D eigenvalue weighted by Gasteiger charge is 2.29. The Hall–Kier alpha value is -1.23. The summed E-state index contributed by atoms with van der Waals surface area (Å²) in [5.74, 6) is 0. The zero-order valence-electron chi connectivity index (χ0n) is 8.38. The Morgan fingerprint density at radius 1 is 1.27 bits per heavy atom. The van der Waals surface area contributed by atoms with Gasteiger partial charge in [-0.15, -0.1) is 0 Å². The summed E-state index contributed by atoms with van der Waals surface area (Å²) in [6, 6.07) is 6.91. The fourth-order valence-corrected chi connectivity index (χ4v) is 1.33. The van der Waals surface area contributed by atoms with Crippen LogP contribution in [-0.2, 0) is 6.54 Å². The Morgan fingerprint density at radius 3 is 2.40 bits per heavy atom. The first-order chi connectivity index (χ1) is 6.88. The Balaban J connectivity index is 2.59. The molecule has 15 heavy (non-hydrogen) atoms. The van der Waals surface area contributed by atoms with E-state index in [9.17, 15) is 13.2 Å². The van der Waals surface area contributed by atoms with E-state index in [4.69, 9.17) is 5.73 Å². The van der Waals surface area contributed by atoms with E-state index in [0.29, 0.717) is 11.3 Å². The molecule has 84 valence electrons. The predicted molar refractivity (Wildman–Crippen MR) is 53.2 cm³/mol. The van der Waals surface area contributed by atoms with Gasteiger partial charge in [-0.3, -0.25) is 4.90 Å². The van der Waals surface area contributed by atoms with Crippen LogP contribution >= 0.6 is 0 Å². The molecule has 2 nitrogen and oxygen atoms in total. The molecule has 1 rings (SSSR count). The molecular weight excluding hydrogens is 205 g/mol. The molecule has 0 atom stereocenters. The number of alkyl halides is 3. The van der Waals surface area contributed by atoms with Gasteiger partial charge in [0.05, 0.1) is 6.54 Å². The molecule has 1 aromatic rings. The largest absolute Gasteiger partial charge is 0.401 e. The van der Waals surface area contributed by atoms with E-state index >= 15 is 0 Å². The van der Waals surface area contributed by atoms with Crippen LogP contribution in [-0.4, -0.2) is 24.7 Å². The van der Waals surface area contributed by atoms with Crippen molar-refractivity contribution in [3.8, 4) is 0 Å². The van der Waals surface area contributed by atoms with Crippen LogP contribution in [0.5, 0.6) is 0 Å². The van der Waals surface area contributed by atoms with Crippen LogP contribution in [0.15, 0.2) is 24.3 Å². The van der Waals surface area contributed by atoms with E-state index in [0.717, 1.165) is 0 Å². The van der Waals surface area contributed by atoms with Crippen molar-refractivity contribution in [2.24, 2.45) is 0 Å². The lowest BCUT2D eigenvalue weighted by molar-refractivity contribution is -0.144. The number of nitrogen functional groups attached to an aromatic ring is 1. The fraction of sp³-hybridized carbons (Fsp3) is 0.400. The van der Waals surface area contributed by atoms with Gasteiger partial charge < -0.3 is 5.73 Å². The number of halogens is 3. The van der Waals surface area contributed by atoms with E-state index in [1.807, 2.05) is 0 Å². The second kappa shape index (κ2) is 4.53. The average Bonchev–Trinajstić information content (AvgIpc) is 2.05. The quantitative estimate of drug-likeness (QED) is 0.788. The number of hydrogen-bond donors (Lipinski definition) is 1. The summed E-state index contributed by atoms with van der Waals surface area (Å²) in [6.07, 6.45) is -4.17. The summed E-state index contributed by atoms with van der Waals surface area (Å²) in [6.45, 7) is -0.729. The van der Waals surface area contributed by atoms with Crippen molar-refractivity contribution < 1.29 is 13.2 Å². The number of para-hydroxylation sites is 1. The van der Waals surface area contributed by atoms with Gasteiger partial charge in [0.2, 0.25) is 0 Å². The third kappa shape index (κ3) is 4.20. The van der Waals surface area contributed by atoms with Crippen molar-refractivity contribution in [2.45, 2.75) is 12.7 Å². The third-order valence-electron chi connectivity index (χ3n) is 1.94. The van der Waals surface area contributed by atoms with Gasteiger partial charge >= 0.3 is 6.18 Å². The van der Waals surface area contributed by atoms with E-state index in [1.165, 1.54) is 11.9 Å². The smallest absolute Gasteiger partial charge is 0.398 e. The van der Waals surface area contributed by atoms with Crippen molar-refractivity contribution in [2.75, 3.05) is 19.3 Å². The summed E-state index contributed by atoms with van der Waals surface area (Å²) >= 11 is 0. The lowest BCUT2D eigenvalue weighted by atomic mass is 10.2. The predicted octanol–water partition coefficient (Wildman–Crippen LogP) is 2.26. The Kier molecular flexibility index (Phi) is 3.57. The first-order valence-corrected chi connectivity index (χ1v) is 4.47. The molecule has 0 unspecified atom stereocenters. The van der Waals surface area contributed by atoms with Crippen LogP contribution in [0.4, 0.5) is 18.9 Å². The van der Waals surface area contributed by atoms with Crippen LogP contribution in [0.25, 0.3) is 0 Å². The molecule has 0 aliphatic heterocycles. The van der Waals surface area contributed by atoms with Crippen molar-refractivity contribution in [1.29, 1.82) is 0 Å². The number of anilines is 1. The average molecular weight is 218 g/mol. The molecule has 2 N–H and O–H groups in total. The van der Waals surface area contributed by atoms with Crippen LogP contribution in [0, 0.1) is 0 Å². The molecule has 0 saturated carbocycles. The molecule has 5 heteroatoms. The summed E-state index contributed by atoms with van der Waals surface area (Å²) < 4.78 is 36.1. The molecule has 0 aromatic heterocycles.